The Labute approximate surface area is 140 Å². The Hall–Kier alpha value is -2.16. The molecule has 23 heavy (non-hydrogen) atoms. The van der Waals surface area contributed by atoms with Crippen LogP contribution in [-0.2, 0) is 0 Å². The molecular formula is C17H17ClN4O. The van der Waals surface area contributed by atoms with Crippen LogP contribution in [0.25, 0.3) is 0 Å². The highest BCUT2D eigenvalue weighted by molar-refractivity contribution is 6.30. The van der Waals surface area contributed by atoms with Crippen LogP contribution in [0.2, 0.25) is 5.02 Å². The van der Waals surface area contributed by atoms with Crippen molar-refractivity contribution in [2.75, 3.05) is 18.0 Å². The van der Waals surface area contributed by atoms with E-state index in [0.29, 0.717) is 16.5 Å². The van der Waals surface area contributed by atoms with Crippen molar-refractivity contribution in [2.24, 2.45) is 5.92 Å². The van der Waals surface area contributed by atoms with E-state index in [9.17, 15) is 5.11 Å². The lowest BCUT2D eigenvalue weighted by Gasteiger charge is -2.35. The molecule has 0 radical (unpaired) electrons. The van der Waals surface area contributed by atoms with Gasteiger partial charge in [-0.05, 0) is 36.5 Å². The van der Waals surface area contributed by atoms with E-state index in [0.717, 1.165) is 31.5 Å². The van der Waals surface area contributed by atoms with E-state index in [4.69, 9.17) is 16.9 Å². The summed E-state index contributed by atoms with van der Waals surface area (Å²) >= 11 is 5.89. The number of halogens is 1. The third kappa shape index (κ3) is 3.44. The van der Waals surface area contributed by atoms with Gasteiger partial charge in [0.2, 0.25) is 0 Å². The molecule has 0 bridgehead atoms. The normalized spacial score (nSPS) is 16.8. The number of nitrogens with zero attached hydrogens (tertiary/aromatic N) is 4. The molecule has 0 amide bonds. The fourth-order valence-electron chi connectivity index (χ4n) is 3.00. The number of aromatic nitrogens is 2. The number of aliphatic hydroxyl groups excluding tert-OH is 1. The summed E-state index contributed by atoms with van der Waals surface area (Å²) in [5.74, 6) is 0.823. The molecule has 2 aromatic rings. The molecule has 0 saturated carbocycles. The largest absolute Gasteiger partial charge is 0.388 e. The smallest absolute Gasteiger partial charge is 0.183 e. The first-order valence-corrected chi connectivity index (χ1v) is 7.96. The molecule has 1 aromatic heterocycles. The Morgan fingerprint density at radius 1 is 1.17 bits per heavy atom. The monoisotopic (exact) mass is 328 g/mol. The van der Waals surface area contributed by atoms with E-state index in [1.165, 1.54) is 6.20 Å². The number of nitriles is 1. The van der Waals surface area contributed by atoms with Gasteiger partial charge in [0, 0.05) is 30.5 Å². The summed E-state index contributed by atoms with van der Waals surface area (Å²) in [6, 6.07) is 9.42. The summed E-state index contributed by atoms with van der Waals surface area (Å²) in [6.07, 6.45) is 4.31. The van der Waals surface area contributed by atoms with E-state index in [-0.39, 0.29) is 5.92 Å². The highest BCUT2D eigenvalue weighted by Gasteiger charge is 2.27. The van der Waals surface area contributed by atoms with Crippen LogP contribution in [0.15, 0.2) is 36.7 Å². The highest BCUT2D eigenvalue weighted by atomic mass is 35.5. The Bertz CT molecular complexity index is 705. The van der Waals surface area contributed by atoms with Crippen LogP contribution in [0.4, 0.5) is 5.82 Å². The molecule has 1 fully saturated rings. The highest BCUT2D eigenvalue weighted by Crippen LogP contribution is 2.32. The Balaban J connectivity index is 1.66. The summed E-state index contributed by atoms with van der Waals surface area (Å²) in [4.78, 5) is 10.4. The van der Waals surface area contributed by atoms with Crippen LogP contribution in [-0.4, -0.2) is 28.2 Å². The number of hydrogen-bond donors (Lipinski definition) is 1. The van der Waals surface area contributed by atoms with Gasteiger partial charge in [-0.25, -0.2) is 9.97 Å². The van der Waals surface area contributed by atoms with Gasteiger partial charge in [-0.1, -0.05) is 23.7 Å². The SMILES string of the molecule is N#Cc1nccnc1N1CCC([C@@H](O)c2ccc(Cl)cc2)CC1. The first-order chi connectivity index (χ1) is 11.2. The summed E-state index contributed by atoms with van der Waals surface area (Å²) in [5.41, 5.74) is 1.24. The summed E-state index contributed by atoms with van der Waals surface area (Å²) in [6.45, 7) is 1.51. The van der Waals surface area contributed by atoms with Gasteiger partial charge in [0.05, 0.1) is 6.10 Å². The number of anilines is 1. The molecule has 0 spiro atoms. The topological polar surface area (TPSA) is 73.0 Å². The number of piperidine rings is 1. The van der Waals surface area contributed by atoms with Crippen molar-refractivity contribution in [1.82, 2.24) is 9.97 Å². The second-order valence-electron chi connectivity index (χ2n) is 5.66. The Morgan fingerprint density at radius 2 is 1.83 bits per heavy atom. The fraction of sp³-hybridized carbons (Fsp3) is 0.353. The van der Waals surface area contributed by atoms with Crippen molar-refractivity contribution in [3.8, 4) is 6.07 Å². The van der Waals surface area contributed by atoms with Gasteiger partial charge in [0.15, 0.2) is 11.5 Å². The van der Waals surface area contributed by atoms with Gasteiger partial charge in [-0.3, -0.25) is 0 Å². The lowest BCUT2D eigenvalue weighted by atomic mass is 9.87. The van der Waals surface area contributed by atoms with Crippen molar-refractivity contribution in [2.45, 2.75) is 18.9 Å². The van der Waals surface area contributed by atoms with Gasteiger partial charge in [-0.15, -0.1) is 0 Å². The summed E-state index contributed by atoms with van der Waals surface area (Å²) in [7, 11) is 0. The first-order valence-electron chi connectivity index (χ1n) is 7.58. The maximum absolute atomic E-state index is 10.6. The number of rotatable bonds is 3. The molecule has 3 rings (SSSR count). The summed E-state index contributed by atoms with van der Waals surface area (Å²) in [5, 5.41) is 20.4. The molecule has 1 atom stereocenters. The predicted molar refractivity (Wildman–Crippen MR) is 88.1 cm³/mol. The van der Waals surface area contributed by atoms with Gasteiger partial charge in [-0.2, -0.15) is 5.26 Å². The third-order valence-corrected chi connectivity index (χ3v) is 4.53. The van der Waals surface area contributed by atoms with E-state index in [2.05, 4.69) is 20.9 Å². The average molecular weight is 329 g/mol. The maximum Gasteiger partial charge on any atom is 0.183 e. The molecule has 1 aromatic carbocycles. The first kappa shape index (κ1) is 15.7. The maximum atomic E-state index is 10.6. The Kier molecular flexibility index (Phi) is 4.75. The second kappa shape index (κ2) is 6.95. The zero-order valence-corrected chi connectivity index (χ0v) is 13.3. The van der Waals surface area contributed by atoms with Crippen LogP contribution in [0.3, 0.4) is 0 Å². The third-order valence-electron chi connectivity index (χ3n) is 4.28. The molecule has 1 aliphatic rings. The molecule has 5 nitrogen and oxygen atoms in total. The minimum absolute atomic E-state index is 0.189. The molecule has 1 N–H and O–H groups in total. The standard InChI is InChI=1S/C17H17ClN4O/c18-14-3-1-12(2-4-14)16(23)13-5-9-22(10-6-13)17-15(11-19)20-7-8-21-17/h1-4,7-8,13,16,23H,5-6,9-10H2/t16-/m0/s1. The van der Waals surface area contributed by atoms with Gasteiger partial charge in [0.1, 0.15) is 6.07 Å². The quantitative estimate of drug-likeness (QED) is 0.937. The van der Waals surface area contributed by atoms with Crippen molar-refractivity contribution >= 4 is 17.4 Å². The molecule has 1 aliphatic heterocycles. The van der Waals surface area contributed by atoms with Crippen molar-refractivity contribution in [3.63, 3.8) is 0 Å². The van der Waals surface area contributed by atoms with Gasteiger partial charge >= 0.3 is 0 Å². The molecule has 0 unspecified atom stereocenters. The van der Waals surface area contributed by atoms with Crippen molar-refractivity contribution in [3.05, 3.63) is 52.9 Å². The van der Waals surface area contributed by atoms with Crippen LogP contribution in [0, 0.1) is 17.2 Å². The average Bonchev–Trinajstić information content (AvgIpc) is 2.62. The van der Waals surface area contributed by atoms with Crippen LogP contribution in [0.5, 0.6) is 0 Å². The van der Waals surface area contributed by atoms with Crippen LogP contribution < -0.4 is 4.90 Å². The minimum atomic E-state index is -0.494. The predicted octanol–water partition coefficient (Wildman–Crippen LogP) is 2.95. The number of aliphatic hydroxyl groups is 1. The molecule has 1 saturated heterocycles. The minimum Gasteiger partial charge on any atom is -0.388 e. The van der Waals surface area contributed by atoms with E-state index < -0.39 is 6.10 Å². The Morgan fingerprint density at radius 3 is 2.48 bits per heavy atom. The molecule has 118 valence electrons. The zero-order valence-electron chi connectivity index (χ0n) is 12.6. The molecule has 6 heteroatoms. The van der Waals surface area contributed by atoms with Crippen LogP contribution in [0.1, 0.15) is 30.2 Å². The number of benzene rings is 1. The van der Waals surface area contributed by atoms with Gasteiger partial charge < -0.3 is 10.0 Å². The zero-order chi connectivity index (χ0) is 16.2. The fourth-order valence-corrected chi connectivity index (χ4v) is 3.13. The lowest BCUT2D eigenvalue weighted by molar-refractivity contribution is 0.0929. The van der Waals surface area contributed by atoms with E-state index in [1.54, 1.807) is 18.3 Å². The molecule has 2 heterocycles. The molecule has 0 aliphatic carbocycles. The molecular weight excluding hydrogens is 312 g/mol. The van der Waals surface area contributed by atoms with E-state index >= 15 is 0 Å². The number of hydrogen-bond acceptors (Lipinski definition) is 5. The summed E-state index contributed by atoms with van der Waals surface area (Å²) < 4.78 is 0. The van der Waals surface area contributed by atoms with Gasteiger partial charge in [0.25, 0.3) is 0 Å². The van der Waals surface area contributed by atoms with E-state index in [1.807, 2.05) is 12.1 Å². The second-order valence-corrected chi connectivity index (χ2v) is 6.10. The lowest BCUT2D eigenvalue weighted by Crippen LogP contribution is -2.36. The van der Waals surface area contributed by atoms with Crippen LogP contribution >= 0.6 is 11.6 Å². The van der Waals surface area contributed by atoms with Crippen molar-refractivity contribution in [1.29, 1.82) is 5.26 Å². The van der Waals surface area contributed by atoms with Crippen molar-refractivity contribution < 1.29 is 5.11 Å².